The summed E-state index contributed by atoms with van der Waals surface area (Å²) in [5.41, 5.74) is 6.32. The normalized spacial score (nSPS) is 13.7. The highest BCUT2D eigenvalue weighted by molar-refractivity contribution is 5.95. The molecule has 2 aromatic carbocycles. The van der Waals surface area contributed by atoms with Crippen LogP contribution in [0.3, 0.4) is 0 Å². The molecule has 1 saturated carbocycles. The van der Waals surface area contributed by atoms with E-state index >= 15 is 0 Å². The molecule has 0 spiro atoms. The maximum atomic E-state index is 13.1. The van der Waals surface area contributed by atoms with E-state index in [1.165, 1.54) is 5.56 Å². The number of nitrogens with zero attached hydrogens (tertiary/aromatic N) is 3. The predicted molar refractivity (Wildman–Crippen MR) is 115 cm³/mol. The molecule has 0 saturated heterocycles. The molecular formula is C24H28N4O. The van der Waals surface area contributed by atoms with Gasteiger partial charge in [-0.25, -0.2) is 4.68 Å². The van der Waals surface area contributed by atoms with E-state index in [2.05, 4.69) is 60.6 Å². The van der Waals surface area contributed by atoms with Gasteiger partial charge in [0.15, 0.2) is 0 Å². The smallest absolute Gasteiger partial charge is 0.255 e. The first kappa shape index (κ1) is 19.4. The van der Waals surface area contributed by atoms with Crippen LogP contribution in [0.1, 0.15) is 51.5 Å². The van der Waals surface area contributed by atoms with Gasteiger partial charge in [-0.15, -0.1) is 0 Å². The molecule has 1 N–H and O–H groups in total. The molecule has 5 heteroatoms. The first-order valence-corrected chi connectivity index (χ1v) is 10.2. The monoisotopic (exact) mass is 388 g/mol. The Morgan fingerprint density at radius 3 is 2.48 bits per heavy atom. The molecule has 0 bridgehead atoms. The van der Waals surface area contributed by atoms with Crippen LogP contribution in [-0.4, -0.2) is 34.7 Å². The number of rotatable bonds is 7. The van der Waals surface area contributed by atoms with Gasteiger partial charge in [0, 0.05) is 19.0 Å². The van der Waals surface area contributed by atoms with Crippen LogP contribution in [0.4, 0.5) is 0 Å². The highest BCUT2D eigenvalue weighted by Crippen LogP contribution is 2.42. The van der Waals surface area contributed by atoms with Crippen LogP contribution < -0.4 is 5.32 Å². The van der Waals surface area contributed by atoms with E-state index in [1.807, 2.05) is 28.9 Å². The number of aryl methyl sites for hydroxylation is 1. The van der Waals surface area contributed by atoms with Crippen molar-refractivity contribution >= 4 is 5.91 Å². The Labute approximate surface area is 172 Å². The molecular weight excluding hydrogens is 360 g/mol. The lowest BCUT2D eigenvalue weighted by molar-refractivity contribution is 0.0949. The number of hydrogen-bond donors (Lipinski definition) is 1. The Balaban J connectivity index is 1.57. The van der Waals surface area contributed by atoms with Gasteiger partial charge in [-0.2, -0.15) is 5.10 Å². The molecule has 0 radical (unpaired) electrons. The zero-order chi connectivity index (χ0) is 20.4. The van der Waals surface area contributed by atoms with Crippen LogP contribution in [0.15, 0.2) is 54.7 Å². The third-order valence-electron chi connectivity index (χ3n) is 5.40. The third-order valence-corrected chi connectivity index (χ3v) is 5.40. The Bertz CT molecular complexity index is 1020. The molecule has 1 heterocycles. The highest BCUT2D eigenvalue weighted by Gasteiger charge is 2.33. The van der Waals surface area contributed by atoms with E-state index in [0.29, 0.717) is 18.0 Å². The number of nitrogens with one attached hydrogen (secondary N) is 1. The lowest BCUT2D eigenvalue weighted by Crippen LogP contribution is -2.25. The number of para-hydroxylation sites is 1. The molecule has 29 heavy (non-hydrogen) atoms. The lowest BCUT2D eigenvalue weighted by atomic mass is 10.1. The molecule has 1 fully saturated rings. The van der Waals surface area contributed by atoms with Crippen molar-refractivity contribution < 1.29 is 4.79 Å². The van der Waals surface area contributed by atoms with Gasteiger partial charge in [-0.05, 0) is 56.6 Å². The Morgan fingerprint density at radius 1 is 1.10 bits per heavy atom. The Morgan fingerprint density at radius 2 is 1.79 bits per heavy atom. The van der Waals surface area contributed by atoms with Crippen molar-refractivity contribution in [2.24, 2.45) is 0 Å². The number of carbonyl (C=O) groups is 1. The standard InChI is InChI=1S/C24H28N4O/c1-17-8-4-7-11-22(17)28-23(18-12-13-18)21(15-26-28)24(29)25-14-19-9-5-6-10-20(19)16-27(2)3/h4-11,15,18H,12-14,16H2,1-3H3,(H,25,29). The molecule has 3 aromatic rings. The van der Waals surface area contributed by atoms with Crippen molar-refractivity contribution in [1.29, 1.82) is 0 Å². The molecule has 0 unspecified atom stereocenters. The molecule has 1 amide bonds. The zero-order valence-electron chi connectivity index (χ0n) is 17.4. The minimum absolute atomic E-state index is 0.0496. The maximum Gasteiger partial charge on any atom is 0.255 e. The van der Waals surface area contributed by atoms with E-state index in [1.54, 1.807) is 6.20 Å². The molecule has 150 valence electrons. The third kappa shape index (κ3) is 4.25. The summed E-state index contributed by atoms with van der Waals surface area (Å²) < 4.78 is 1.96. The summed E-state index contributed by atoms with van der Waals surface area (Å²) in [6.07, 6.45) is 3.95. The summed E-state index contributed by atoms with van der Waals surface area (Å²) in [4.78, 5) is 15.2. The summed E-state index contributed by atoms with van der Waals surface area (Å²) in [5, 5.41) is 7.71. The summed E-state index contributed by atoms with van der Waals surface area (Å²) in [7, 11) is 4.11. The second kappa shape index (κ2) is 8.21. The van der Waals surface area contributed by atoms with Crippen molar-refractivity contribution in [1.82, 2.24) is 20.0 Å². The second-order valence-electron chi connectivity index (χ2n) is 8.11. The Kier molecular flexibility index (Phi) is 5.49. The average molecular weight is 389 g/mol. The minimum Gasteiger partial charge on any atom is -0.348 e. The second-order valence-corrected chi connectivity index (χ2v) is 8.11. The van der Waals surface area contributed by atoms with Crippen LogP contribution in [0.5, 0.6) is 0 Å². The number of amides is 1. The minimum atomic E-state index is -0.0496. The molecule has 1 aliphatic carbocycles. The number of carbonyl (C=O) groups excluding carboxylic acids is 1. The van der Waals surface area contributed by atoms with Gasteiger partial charge in [0.2, 0.25) is 0 Å². The van der Waals surface area contributed by atoms with Crippen molar-refractivity contribution in [2.75, 3.05) is 14.1 Å². The summed E-state index contributed by atoms with van der Waals surface area (Å²) in [5.74, 6) is 0.366. The quantitative estimate of drug-likeness (QED) is 0.664. The summed E-state index contributed by atoms with van der Waals surface area (Å²) in [6, 6.07) is 16.4. The van der Waals surface area contributed by atoms with Crippen LogP contribution in [0, 0.1) is 6.92 Å². The fourth-order valence-electron chi connectivity index (χ4n) is 3.77. The van der Waals surface area contributed by atoms with Crippen LogP contribution in [0.25, 0.3) is 5.69 Å². The molecule has 5 nitrogen and oxygen atoms in total. The predicted octanol–water partition coefficient (Wildman–Crippen LogP) is 4.05. The zero-order valence-corrected chi connectivity index (χ0v) is 17.4. The van der Waals surface area contributed by atoms with Crippen molar-refractivity contribution in [3.63, 3.8) is 0 Å². The molecule has 1 aliphatic rings. The molecule has 0 atom stereocenters. The van der Waals surface area contributed by atoms with Crippen molar-refractivity contribution in [2.45, 2.75) is 38.8 Å². The molecule has 1 aromatic heterocycles. The van der Waals surface area contributed by atoms with Gasteiger partial charge in [0.25, 0.3) is 5.91 Å². The van der Waals surface area contributed by atoms with Crippen LogP contribution in [-0.2, 0) is 13.1 Å². The fraction of sp³-hybridized carbons (Fsp3) is 0.333. The molecule has 4 rings (SSSR count). The topological polar surface area (TPSA) is 50.2 Å². The average Bonchev–Trinajstić information content (AvgIpc) is 3.45. The first-order valence-electron chi connectivity index (χ1n) is 10.2. The van der Waals surface area contributed by atoms with E-state index in [-0.39, 0.29) is 5.91 Å². The number of aromatic nitrogens is 2. The SMILES string of the molecule is Cc1ccccc1-n1ncc(C(=O)NCc2ccccc2CN(C)C)c1C1CC1. The summed E-state index contributed by atoms with van der Waals surface area (Å²) in [6.45, 7) is 3.45. The van der Waals surface area contributed by atoms with E-state index < -0.39 is 0 Å². The van der Waals surface area contributed by atoms with E-state index in [9.17, 15) is 4.79 Å². The molecule has 0 aliphatic heterocycles. The lowest BCUT2D eigenvalue weighted by Gasteiger charge is -2.15. The Hall–Kier alpha value is -2.92. The van der Waals surface area contributed by atoms with Crippen LogP contribution >= 0.6 is 0 Å². The maximum absolute atomic E-state index is 13.1. The van der Waals surface area contributed by atoms with Crippen molar-refractivity contribution in [3.8, 4) is 5.69 Å². The van der Waals surface area contributed by atoms with Gasteiger partial charge >= 0.3 is 0 Å². The van der Waals surface area contributed by atoms with Gasteiger partial charge in [0.05, 0.1) is 23.1 Å². The van der Waals surface area contributed by atoms with Crippen LogP contribution in [0.2, 0.25) is 0 Å². The van der Waals surface area contributed by atoms with Gasteiger partial charge in [-0.3, -0.25) is 4.79 Å². The summed E-state index contributed by atoms with van der Waals surface area (Å²) >= 11 is 0. The number of benzene rings is 2. The fourth-order valence-corrected chi connectivity index (χ4v) is 3.77. The van der Waals surface area contributed by atoms with E-state index in [0.717, 1.165) is 41.9 Å². The largest absolute Gasteiger partial charge is 0.348 e. The first-order chi connectivity index (χ1) is 14.0. The van der Waals surface area contributed by atoms with Gasteiger partial charge < -0.3 is 10.2 Å². The van der Waals surface area contributed by atoms with E-state index in [4.69, 9.17) is 0 Å². The van der Waals surface area contributed by atoms with Gasteiger partial charge in [0.1, 0.15) is 0 Å². The number of hydrogen-bond acceptors (Lipinski definition) is 3. The van der Waals surface area contributed by atoms with Gasteiger partial charge in [-0.1, -0.05) is 42.5 Å². The highest BCUT2D eigenvalue weighted by atomic mass is 16.1. The van der Waals surface area contributed by atoms with Crippen molar-refractivity contribution in [3.05, 3.63) is 82.7 Å².